The molecule has 0 unspecified atom stereocenters. The summed E-state index contributed by atoms with van der Waals surface area (Å²) in [4.78, 5) is 0.0344. The number of sulfonamides is 1. The Morgan fingerprint density at radius 1 is 1.07 bits per heavy atom. The Balaban J connectivity index is 1.54. The molecule has 2 aromatic carbocycles. The van der Waals surface area contributed by atoms with Crippen LogP contribution in [0, 0.1) is 0 Å². The van der Waals surface area contributed by atoms with Crippen LogP contribution < -0.4 is 14.2 Å². The zero-order valence-electron chi connectivity index (χ0n) is 14.6. The van der Waals surface area contributed by atoms with Crippen molar-refractivity contribution >= 4 is 21.0 Å². The Kier molecular flexibility index (Phi) is 4.33. The van der Waals surface area contributed by atoms with Crippen LogP contribution in [0.3, 0.4) is 0 Å². The van der Waals surface area contributed by atoms with Crippen molar-refractivity contribution in [1.82, 2.24) is 4.72 Å². The summed E-state index contributed by atoms with van der Waals surface area (Å²) in [5, 5.41) is 11.6. The molecule has 0 saturated heterocycles. The molecular formula is C19H19NO6S. The fourth-order valence-electron chi connectivity index (χ4n) is 2.84. The fraction of sp³-hybridized carbons (Fsp3) is 0.263. The van der Waals surface area contributed by atoms with E-state index in [2.05, 4.69) is 4.72 Å². The molecule has 1 atom stereocenters. The predicted molar refractivity (Wildman–Crippen MR) is 98.4 cm³/mol. The van der Waals surface area contributed by atoms with Gasteiger partial charge in [0, 0.05) is 18.0 Å². The van der Waals surface area contributed by atoms with E-state index in [0.717, 1.165) is 5.39 Å². The first-order chi connectivity index (χ1) is 12.9. The Hall–Kier alpha value is -2.55. The minimum atomic E-state index is -3.85. The summed E-state index contributed by atoms with van der Waals surface area (Å²) in [6.45, 7) is 2.04. The molecule has 0 saturated carbocycles. The minimum absolute atomic E-state index is 0.0344. The molecule has 1 aliphatic rings. The third-order valence-corrected chi connectivity index (χ3v) is 5.79. The van der Waals surface area contributed by atoms with Crippen molar-refractivity contribution in [1.29, 1.82) is 0 Å². The Morgan fingerprint density at radius 3 is 2.59 bits per heavy atom. The topological polar surface area (TPSA) is 98.0 Å². The van der Waals surface area contributed by atoms with E-state index in [1.54, 1.807) is 18.2 Å². The van der Waals surface area contributed by atoms with Gasteiger partial charge >= 0.3 is 0 Å². The van der Waals surface area contributed by atoms with Crippen LogP contribution in [0.1, 0.15) is 12.7 Å². The van der Waals surface area contributed by atoms with Gasteiger partial charge in [-0.1, -0.05) is 18.2 Å². The van der Waals surface area contributed by atoms with Gasteiger partial charge in [0.15, 0.2) is 11.5 Å². The number of furan rings is 1. The predicted octanol–water partition coefficient (Wildman–Crippen LogP) is 2.39. The average molecular weight is 389 g/mol. The standard InChI is InChI=1S/C19H19NO6S/c1-19(21,18-10-13-4-2-3-5-15(13)26-18)12-20-27(22,23)14-6-7-16-17(11-14)25-9-8-24-16/h2-7,10-11,20-21H,8-9,12H2,1H3/t19-/m1/s1. The average Bonchev–Trinajstić information content (AvgIpc) is 3.11. The first kappa shape index (κ1) is 17.8. The quantitative estimate of drug-likeness (QED) is 0.695. The van der Waals surface area contributed by atoms with Crippen LogP contribution >= 0.6 is 0 Å². The van der Waals surface area contributed by atoms with Crippen molar-refractivity contribution in [2.45, 2.75) is 17.4 Å². The molecule has 2 heterocycles. The van der Waals surface area contributed by atoms with E-state index in [1.807, 2.05) is 18.2 Å². The van der Waals surface area contributed by atoms with E-state index in [0.29, 0.717) is 30.3 Å². The smallest absolute Gasteiger partial charge is 0.240 e. The molecule has 3 aromatic rings. The number of aliphatic hydroxyl groups is 1. The van der Waals surface area contributed by atoms with Gasteiger partial charge in [-0.05, 0) is 31.2 Å². The largest absolute Gasteiger partial charge is 0.486 e. The zero-order chi connectivity index (χ0) is 19.1. The number of nitrogens with one attached hydrogen (secondary N) is 1. The van der Waals surface area contributed by atoms with Gasteiger partial charge in [-0.15, -0.1) is 0 Å². The van der Waals surface area contributed by atoms with Gasteiger partial charge in [0.05, 0.1) is 4.90 Å². The number of hydrogen-bond acceptors (Lipinski definition) is 6. The van der Waals surface area contributed by atoms with Gasteiger partial charge in [0.2, 0.25) is 10.0 Å². The second-order valence-electron chi connectivity index (χ2n) is 6.55. The maximum atomic E-state index is 12.6. The molecule has 0 radical (unpaired) electrons. The number of rotatable bonds is 5. The summed E-state index contributed by atoms with van der Waals surface area (Å²) >= 11 is 0. The summed E-state index contributed by atoms with van der Waals surface area (Å²) in [6.07, 6.45) is 0. The van der Waals surface area contributed by atoms with E-state index < -0.39 is 15.6 Å². The lowest BCUT2D eigenvalue weighted by Gasteiger charge is -2.22. The summed E-state index contributed by atoms with van der Waals surface area (Å²) < 4.78 is 44.2. The molecule has 1 aliphatic heterocycles. The molecule has 2 N–H and O–H groups in total. The van der Waals surface area contributed by atoms with Gasteiger partial charge in [-0.3, -0.25) is 0 Å². The highest BCUT2D eigenvalue weighted by Crippen LogP contribution is 2.32. The van der Waals surface area contributed by atoms with Crippen LogP contribution in [0.15, 0.2) is 57.8 Å². The number of ether oxygens (including phenoxy) is 2. The number of hydrogen-bond donors (Lipinski definition) is 2. The number of benzene rings is 2. The van der Waals surface area contributed by atoms with Crippen LogP contribution in [0.4, 0.5) is 0 Å². The first-order valence-corrected chi connectivity index (χ1v) is 9.94. The van der Waals surface area contributed by atoms with Gasteiger partial charge < -0.3 is 19.0 Å². The van der Waals surface area contributed by atoms with Gasteiger partial charge in [-0.25, -0.2) is 13.1 Å². The lowest BCUT2D eigenvalue weighted by Crippen LogP contribution is -2.38. The van der Waals surface area contributed by atoms with Crippen molar-refractivity contribution in [2.24, 2.45) is 0 Å². The second kappa shape index (κ2) is 6.56. The van der Waals surface area contributed by atoms with Crippen molar-refractivity contribution in [3.63, 3.8) is 0 Å². The van der Waals surface area contributed by atoms with Crippen molar-refractivity contribution < 1.29 is 27.4 Å². The SMILES string of the molecule is C[C@@](O)(CNS(=O)(=O)c1ccc2c(c1)OCCO2)c1cc2ccccc2o1. The van der Waals surface area contributed by atoms with Gasteiger partial charge in [-0.2, -0.15) is 0 Å². The first-order valence-electron chi connectivity index (χ1n) is 8.46. The maximum Gasteiger partial charge on any atom is 0.240 e. The van der Waals surface area contributed by atoms with Crippen molar-refractivity contribution in [2.75, 3.05) is 19.8 Å². The summed E-state index contributed by atoms with van der Waals surface area (Å²) in [5.74, 6) is 1.18. The molecular weight excluding hydrogens is 370 g/mol. The molecule has 0 fully saturated rings. The highest BCUT2D eigenvalue weighted by molar-refractivity contribution is 7.89. The second-order valence-corrected chi connectivity index (χ2v) is 8.32. The Morgan fingerprint density at radius 2 is 1.81 bits per heavy atom. The van der Waals surface area contributed by atoms with E-state index in [9.17, 15) is 13.5 Å². The monoisotopic (exact) mass is 389 g/mol. The van der Waals surface area contributed by atoms with E-state index in [-0.39, 0.29) is 17.2 Å². The normalized spacial score (nSPS) is 16.2. The van der Waals surface area contributed by atoms with E-state index in [1.165, 1.54) is 19.1 Å². The molecule has 4 rings (SSSR count). The summed E-state index contributed by atoms with van der Waals surface area (Å²) in [7, 11) is -3.85. The van der Waals surface area contributed by atoms with E-state index in [4.69, 9.17) is 13.9 Å². The van der Waals surface area contributed by atoms with Crippen molar-refractivity contribution in [3.05, 3.63) is 54.3 Å². The van der Waals surface area contributed by atoms with Crippen LogP contribution in [0.25, 0.3) is 11.0 Å². The molecule has 0 spiro atoms. The minimum Gasteiger partial charge on any atom is -0.486 e. The van der Waals surface area contributed by atoms with Crippen LogP contribution in [0.5, 0.6) is 11.5 Å². The summed E-state index contributed by atoms with van der Waals surface area (Å²) in [5.41, 5.74) is -0.887. The molecule has 7 nitrogen and oxygen atoms in total. The highest BCUT2D eigenvalue weighted by atomic mass is 32.2. The maximum absolute atomic E-state index is 12.6. The fourth-order valence-corrected chi connectivity index (χ4v) is 3.99. The number of para-hydroxylation sites is 1. The molecule has 142 valence electrons. The zero-order valence-corrected chi connectivity index (χ0v) is 15.5. The third kappa shape index (κ3) is 3.51. The molecule has 27 heavy (non-hydrogen) atoms. The van der Waals surface area contributed by atoms with Crippen LogP contribution in [-0.4, -0.2) is 33.3 Å². The van der Waals surface area contributed by atoms with Gasteiger partial charge in [0.1, 0.15) is 30.2 Å². The van der Waals surface area contributed by atoms with Gasteiger partial charge in [0.25, 0.3) is 0 Å². The highest BCUT2D eigenvalue weighted by Gasteiger charge is 2.30. The summed E-state index contributed by atoms with van der Waals surface area (Å²) in [6, 6.07) is 13.4. The Bertz CT molecular complexity index is 1050. The lowest BCUT2D eigenvalue weighted by molar-refractivity contribution is 0.0412. The Labute approximate surface area is 156 Å². The molecule has 1 aromatic heterocycles. The van der Waals surface area contributed by atoms with Crippen LogP contribution in [0.2, 0.25) is 0 Å². The molecule has 0 bridgehead atoms. The van der Waals surface area contributed by atoms with Crippen LogP contribution in [-0.2, 0) is 15.6 Å². The number of fused-ring (bicyclic) bond motifs is 2. The molecule has 8 heteroatoms. The molecule has 0 amide bonds. The lowest BCUT2D eigenvalue weighted by atomic mass is 10.0. The van der Waals surface area contributed by atoms with E-state index >= 15 is 0 Å². The third-order valence-electron chi connectivity index (χ3n) is 4.39. The molecule has 0 aliphatic carbocycles. The van der Waals surface area contributed by atoms with Crippen molar-refractivity contribution in [3.8, 4) is 11.5 Å².